The number of carbonyl (C=O) groups excluding carboxylic acids is 1. The molecule has 0 bridgehead atoms. The van der Waals surface area contributed by atoms with Gasteiger partial charge in [-0.15, -0.1) is 0 Å². The molecule has 1 N–H and O–H groups in total. The molecule has 1 aliphatic rings. The molecule has 1 heterocycles. The molecule has 27 heavy (non-hydrogen) atoms. The van der Waals surface area contributed by atoms with Crippen molar-refractivity contribution in [2.24, 2.45) is 0 Å². The Morgan fingerprint density at radius 3 is 2.70 bits per heavy atom. The quantitative estimate of drug-likeness (QED) is 0.862. The van der Waals surface area contributed by atoms with E-state index >= 15 is 0 Å². The summed E-state index contributed by atoms with van der Waals surface area (Å²) in [6.45, 7) is 8.02. The number of amides is 1. The number of methoxy groups -OCH3 is 1. The van der Waals surface area contributed by atoms with Crippen molar-refractivity contribution >= 4 is 5.91 Å². The lowest BCUT2D eigenvalue weighted by atomic mass is 9.89. The molecule has 0 unspecified atom stereocenters. The molecule has 0 saturated heterocycles. The van der Waals surface area contributed by atoms with Crippen LogP contribution in [0.2, 0.25) is 0 Å². The fourth-order valence-corrected chi connectivity index (χ4v) is 3.43. The smallest absolute Gasteiger partial charge is 0.258 e. The van der Waals surface area contributed by atoms with Gasteiger partial charge >= 0.3 is 0 Å². The Balaban J connectivity index is 1.71. The lowest BCUT2D eigenvalue weighted by Crippen LogP contribution is -2.42. The summed E-state index contributed by atoms with van der Waals surface area (Å²) in [7, 11) is 1.63. The van der Waals surface area contributed by atoms with Crippen LogP contribution in [0.15, 0.2) is 36.4 Å². The predicted octanol–water partition coefficient (Wildman–Crippen LogP) is 4.11. The Bertz CT molecular complexity index is 844. The van der Waals surface area contributed by atoms with Gasteiger partial charge in [-0.05, 0) is 57.5 Å². The van der Waals surface area contributed by atoms with Gasteiger partial charge in [0.05, 0.1) is 13.2 Å². The van der Waals surface area contributed by atoms with Crippen molar-refractivity contribution in [1.82, 2.24) is 5.32 Å². The molecule has 0 spiro atoms. The second kappa shape index (κ2) is 7.51. The Morgan fingerprint density at radius 2 is 2.00 bits per heavy atom. The van der Waals surface area contributed by atoms with Crippen LogP contribution >= 0.6 is 0 Å². The average Bonchev–Trinajstić information content (AvgIpc) is 2.60. The molecular formula is C22H27NO4. The van der Waals surface area contributed by atoms with Crippen LogP contribution in [0.25, 0.3) is 0 Å². The minimum absolute atomic E-state index is 0.0268. The van der Waals surface area contributed by atoms with Crippen LogP contribution in [0.1, 0.15) is 43.0 Å². The van der Waals surface area contributed by atoms with Crippen molar-refractivity contribution in [3.8, 4) is 17.2 Å². The van der Waals surface area contributed by atoms with Crippen LogP contribution < -0.4 is 19.5 Å². The first-order chi connectivity index (χ1) is 12.8. The molecule has 3 rings (SSSR count). The first-order valence-electron chi connectivity index (χ1n) is 9.14. The maximum absolute atomic E-state index is 12.5. The predicted molar refractivity (Wildman–Crippen MR) is 105 cm³/mol. The lowest BCUT2D eigenvalue weighted by Gasteiger charge is -2.38. The third-order valence-corrected chi connectivity index (χ3v) is 4.70. The average molecular weight is 369 g/mol. The molecule has 1 amide bonds. The van der Waals surface area contributed by atoms with E-state index in [2.05, 4.69) is 5.32 Å². The molecule has 0 saturated carbocycles. The highest BCUT2D eigenvalue weighted by molar-refractivity contribution is 5.78. The summed E-state index contributed by atoms with van der Waals surface area (Å²) in [5.74, 6) is 2.08. The summed E-state index contributed by atoms with van der Waals surface area (Å²) in [6, 6.07) is 11.4. The minimum Gasteiger partial charge on any atom is -0.497 e. The van der Waals surface area contributed by atoms with Crippen LogP contribution in [0.5, 0.6) is 17.2 Å². The number of benzene rings is 2. The normalized spacial score (nSPS) is 17.4. The molecule has 0 radical (unpaired) electrons. The number of rotatable bonds is 5. The number of hydrogen-bond acceptors (Lipinski definition) is 4. The molecule has 2 aromatic rings. The Morgan fingerprint density at radius 1 is 1.22 bits per heavy atom. The van der Waals surface area contributed by atoms with Crippen molar-refractivity contribution in [2.45, 2.75) is 45.8 Å². The molecular weight excluding hydrogens is 342 g/mol. The SMILES string of the molecule is COc1ccc2c(c1)[C@H](NC(=O)COc1ccc(C)cc1C)CC(C)(C)O2. The van der Waals surface area contributed by atoms with E-state index in [1.54, 1.807) is 7.11 Å². The number of ether oxygens (including phenoxy) is 3. The van der Waals surface area contributed by atoms with Crippen LogP contribution in [0.3, 0.4) is 0 Å². The van der Waals surface area contributed by atoms with E-state index < -0.39 is 0 Å². The topological polar surface area (TPSA) is 56.8 Å². The highest BCUT2D eigenvalue weighted by atomic mass is 16.5. The van der Waals surface area contributed by atoms with E-state index in [9.17, 15) is 4.79 Å². The summed E-state index contributed by atoms with van der Waals surface area (Å²) >= 11 is 0. The van der Waals surface area contributed by atoms with E-state index in [1.807, 2.05) is 64.1 Å². The standard InChI is InChI=1S/C22H27NO4/c1-14-6-8-19(15(2)10-14)26-13-21(24)23-18-12-22(3,4)27-20-9-7-16(25-5)11-17(18)20/h6-11,18H,12-13H2,1-5H3,(H,23,24)/t18-/m1/s1. The number of fused-ring (bicyclic) bond motifs is 1. The van der Waals surface area contributed by atoms with Gasteiger partial charge in [0.15, 0.2) is 6.61 Å². The van der Waals surface area contributed by atoms with Crippen molar-refractivity contribution < 1.29 is 19.0 Å². The second-order valence-electron chi connectivity index (χ2n) is 7.65. The van der Waals surface area contributed by atoms with Gasteiger partial charge in [0.25, 0.3) is 5.91 Å². The van der Waals surface area contributed by atoms with Gasteiger partial charge in [-0.2, -0.15) is 0 Å². The zero-order chi connectivity index (χ0) is 19.6. The van der Waals surface area contributed by atoms with Crippen LogP contribution in [0.4, 0.5) is 0 Å². The van der Waals surface area contributed by atoms with Gasteiger partial charge in [0, 0.05) is 12.0 Å². The number of nitrogens with one attached hydrogen (secondary N) is 1. The van der Waals surface area contributed by atoms with Gasteiger partial charge < -0.3 is 19.5 Å². The fraction of sp³-hybridized carbons (Fsp3) is 0.409. The van der Waals surface area contributed by atoms with Gasteiger partial charge in [0.1, 0.15) is 22.8 Å². The third kappa shape index (κ3) is 4.54. The minimum atomic E-state index is -0.367. The molecule has 2 aromatic carbocycles. The molecule has 144 valence electrons. The lowest BCUT2D eigenvalue weighted by molar-refractivity contribution is -0.124. The highest BCUT2D eigenvalue weighted by Gasteiger charge is 2.34. The van der Waals surface area contributed by atoms with Crippen LogP contribution in [-0.2, 0) is 4.79 Å². The highest BCUT2D eigenvalue weighted by Crippen LogP contribution is 2.41. The summed E-state index contributed by atoms with van der Waals surface area (Å²) in [4.78, 5) is 12.5. The number of aryl methyl sites for hydroxylation is 2. The zero-order valence-corrected chi connectivity index (χ0v) is 16.6. The first kappa shape index (κ1) is 19.1. The van der Waals surface area contributed by atoms with Crippen molar-refractivity contribution in [1.29, 1.82) is 0 Å². The maximum atomic E-state index is 12.5. The van der Waals surface area contributed by atoms with Crippen LogP contribution in [-0.4, -0.2) is 25.2 Å². The summed E-state index contributed by atoms with van der Waals surface area (Å²) in [5.41, 5.74) is 2.74. The third-order valence-electron chi connectivity index (χ3n) is 4.70. The second-order valence-corrected chi connectivity index (χ2v) is 7.65. The molecule has 5 heteroatoms. The van der Waals surface area contributed by atoms with Crippen LogP contribution in [0, 0.1) is 13.8 Å². The van der Waals surface area contributed by atoms with E-state index in [1.165, 1.54) is 5.56 Å². The fourth-order valence-electron chi connectivity index (χ4n) is 3.43. The van der Waals surface area contributed by atoms with Crippen molar-refractivity contribution in [3.63, 3.8) is 0 Å². The number of hydrogen-bond donors (Lipinski definition) is 1. The number of carbonyl (C=O) groups is 1. The van der Waals surface area contributed by atoms with E-state index in [-0.39, 0.29) is 24.2 Å². The summed E-state index contributed by atoms with van der Waals surface area (Å²) in [5, 5.41) is 3.08. The zero-order valence-electron chi connectivity index (χ0n) is 16.6. The van der Waals surface area contributed by atoms with E-state index in [0.717, 1.165) is 28.4 Å². The molecule has 0 fully saturated rings. The Kier molecular flexibility index (Phi) is 5.31. The molecule has 0 aromatic heterocycles. The van der Waals surface area contributed by atoms with E-state index in [4.69, 9.17) is 14.2 Å². The summed E-state index contributed by atoms with van der Waals surface area (Å²) in [6.07, 6.45) is 0.669. The van der Waals surface area contributed by atoms with Gasteiger partial charge in [-0.3, -0.25) is 4.79 Å². The molecule has 5 nitrogen and oxygen atoms in total. The summed E-state index contributed by atoms with van der Waals surface area (Å²) < 4.78 is 17.1. The van der Waals surface area contributed by atoms with Gasteiger partial charge in [-0.25, -0.2) is 0 Å². The molecule has 1 aliphatic heterocycles. The Hall–Kier alpha value is -2.69. The first-order valence-corrected chi connectivity index (χ1v) is 9.14. The molecule has 1 atom stereocenters. The Labute approximate surface area is 160 Å². The largest absolute Gasteiger partial charge is 0.497 e. The van der Waals surface area contributed by atoms with Crippen molar-refractivity contribution in [3.05, 3.63) is 53.1 Å². The van der Waals surface area contributed by atoms with Gasteiger partial charge in [0.2, 0.25) is 0 Å². The van der Waals surface area contributed by atoms with E-state index in [0.29, 0.717) is 6.42 Å². The van der Waals surface area contributed by atoms with Gasteiger partial charge in [-0.1, -0.05) is 17.7 Å². The molecule has 0 aliphatic carbocycles. The maximum Gasteiger partial charge on any atom is 0.258 e. The van der Waals surface area contributed by atoms with Crippen molar-refractivity contribution in [2.75, 3.05) is 13.7 Å². The monoisotopic (exact) mass is 369 g/mol.